The quantitative estimate of drug-likeness (QED) is 0.837. The minimum absolute atomic E-state index is 0.00611. The second-order valence-electron chi connectivity index (χ2n) is 4.27. The molecule has 1 aromatic heterocycles. The van der Waals surface area contributed by atoms with Crippen LogP contribution < -0.4 is 5.32 Å². The Balaban J connectivity index is 2.04. The third-order valence-electron chi connectivity index (χ3n) is 3.05. The number of amides is 1. The lowest BCUT2D eigenvalue weighted by Crippen LogP contribution is -2.45. The maximum absolute atomic E-state index is 11.9. The van der Waals surface area contributed by atoms with Gasteiger partial charge in [0.1, 0.15) is 5.69 Å². The topological polar surface area (TPSA) is 42.0 Å². The molecule has 1 aliphatic rings. The highest BCUT2D eigenvalue weighted by Crippen LogP contribution is 2.27. The van der Waals surface area contributed by atoms with Crippen LogP contribution in [0.5, 0.6) is 0 Å². The predicted octanol–water partition coefficient (Wildman–Crippen LogP) is 2.29. The van der Waals surface area contributed by atoms with Crippen LogP contribution in [0.2, 0.25) is 0 Å². The summed E-state index contributed by atoms with van der Waals surface area (Å²) in [5.74, 6) is 0.613. The molecule has 2 unspecified atom stereocenters. The first-order valence-electron chi connectivity index (χ1n) is 5.33. The zero-order chi connectivity index (χ0) is 11.0. The van der Waals surface area contributed by atoms with E-state index in [4.69, 9.17) is 0 Å². The van der Waals surface area contributed by atoms with E-state index in [1.54, 1.807) is 11.3 Å². The molecule has 0 aliphatic heterocycles. The molecule has 1 amide bonds. The Morgan fingerprint density at radius 3 is 2.60 bits per heavy atom. The van der Waals surface area contributed by atoms with E-state index in [1.165, 1.54) is 6.42 Å². The molecule has 0 bridgehead atoms. The second-order valence-corrected chi connectivity index (χ2v) is 5.68. The second kappa shape index (κ2) is 3.93. The number of aromatic nitrogens is 1. The van der Waals surface area contributed by atoms with Gasteiger partial charge >= 0.3 is 0 Å². The normalized spacial score (nSPS) is 24.7. The number of hydrogen-bond acceptors (Lipinski definition) is 3. The Bertz CT molecular complexity index is 386. The van der Waals surface area contributed by atoms with Crippen molar-refractivity contribution in [1.82, 2.24) is 10.3 Å². The Morgan fingerprint density at radius 2 is 2.20 bits per heavy atom. The molecule has 0 radical (unpaired) electrons. The molecule has 2 rings (SSSR count). The number of rotatable bonds is 2. The minimum Gasteiger partial charge on any atom is -0.348 e. The first-order chi connectivity index (χ1) is 7.08. The lowest BCUT2D eigenvalue weighted by Gasteiger charge is -2.34. The number of carbonyl (C=O) groups excluding carboxylic acids is 1. The average molecular weight is 224 g/mol. The average Bonchev–Trinajstić information content (AvgIpc) is 2.51. The molecule has 82 valence electrons. The summed E-state index contributed by atoms with van der Waals surface area (Å²) in [5.41, 5.74) is 0.608. The van der Waals surface area contributed by atoms with Crippen LogP contribution in [0.3, 0.4) is 0 Å². The summed E-state index contributed by atoms with van der Waals surface area (Å²) < 4.78 is 0. The molecule has 1 heterocycles. The highest BCUT2D eigenvalue weighted by Gasteiger charge is 2.29. The molecular weight excluding hydrogens is 208 g/mol. The number of thiazole rings is 1. The van der Waals surface area contributed by atoms with Crippen LogP contribution in [0.1, 0.15) is 40.1 Å². The van der Waals surface area contributed by atoms with Gasteiger partial charge in [0, 0.05) is 10.9 Å². The van der Waals surface area contributed by atoms with E-state index < -0.39 is 0 Å². The zero-order valence-corrected chi connectivity index (χ0v) is 10.1. The lowest BCUT2D eigenvalue weighted by atomic mass is 9.81. The molecule has 0 spiro atoms. The van der Waals surface area contributed by atoms with Gasteiger partial charge in [0.25, 0.3) is 5.91 Å². The Hall–Kier alpha value is -0.900. The molecule has 0 saturated heterocycles. The smallest absolute Gasteiger partial charge is 0.271 e. The predicted molar refractivity (Wildman–Crippen MR) is 61.2 cm³/mol. The van der Waals surface area contributed by atoms with Crippen molar-refractivity contribution in [2.75, 3.05) is 0 Å². The molecule has 1 aromatic rings. The van der Waals surface area contributed by atoms with Gasteiger partial charge in [-0.25, -0.2) is 4.98 Å². The number of hydrogen-bond donors (Lipinski definition) is 1. The van der Waals surface area contributed by atoms with E-state index in [-0.39, 0.29) is 5.91 Å². The molecule has 3 nitrogen and oxygen atoms in total. The van der Waals surface area contributed by atoms with Gasteiger partial charge in [0.15, 0.2) is 0 Å². The Kier molecular flexibility index (Phi) is 2.78. The molecule has 1 N–H and O–H groups in total. The van der Waals surface area contributed by atoms with Crippen molar-refractivity contribution in [2.24, 2.45) is 5.92 Å². The van der Waals surface area contributed by atoms with E-state index in [1.807, 2.05) is 13.8 Å². The standard InChI is InChI=1S/C11H16N2OS/c1-6-4-5-9(6)13-11(14)10-7(2)15-8(3)12-10/h6,9H,4-5H2,1-3H3,(H,13,14). The molecule has 1 aliphatic carbocycles. The number of nitrogens with one attached hydrogen (secondary N) is 1. The monoisotopic (exact) mass is 224 g/mol. The largest absolute Gasteiger partial charge is 0.348 e. The van der Waals surface area contributed by atoms with E-state index in [0.717, 1.165) is 16.3 Å². The van der Waals surface area contributed by atoms with Crippen LogP contribution in [0, 0.1) is 19.8 Å². The van der Waals surface area contributed by atoms with Gasteiger partial charge in [-0.1, -0.05) is 6.92 Å². The van der Waals surface area contributed by atoms with Crippen LogP contribution in [-0.2, 0) is 0 Å². The SMILES string of the molecule is Cc1nc(C(=O)NC2CCC2C)c(C)s1. The van der Waals surface area contributed by atoms with Crippen LogP contribution in [-0.4, -0.2) is 16.9 Å². The lowest BCUT2D eigenvalue weighted by molar-refractivity contribution is 0.0879. The van der Waals surface area contributed by atoms with Crippen molar-refractivity contribution < 1.29 is 4.79 Å². The molecule has 4 heteroatoms. The van der Waals surface area contributed by atoms with Gasteiger partial charge < -0.3 is 5.32 Å². The fourth-order valence-corrected chi connectivity index (χ4v) is 2.67. The van der Waals surface area contributed by atoms with E-state index in [2.05, 4.69) is 17.2 Å². The van der Waals surface area contributed by atoms with Gasteiger partial charge in [-0.2, -0.15) is 0 Å². The van der Waals surface area contributed by atoms with Crippen LogP contribution in [0.15, 0.2) is 0 Å². The molecule has 2 atom stereocenters. The first kappa shape index (κ1) is 10.6. The van der Waals surface area contributed by atoms with Crippen molar-refractivity contribution in [3.63, 3.8) is 0 Å². The minimum atomic E-state index is -0.00611. The number of aryl methyl sites for hydroxylation is 2. The maximum atomic E-state index is 11.9. The number of carbonyl (C=O) groups is 1. The summed E-state index contributed by atoms with van der Waals surface area (Å²) in [6, 6.07) is 0.360. The Labute approximate surface area is 93.9 Å². The van der Waals surface area contributed by atoms with Crippen LogP contribution >= 0.6 is 11.3 Å². The molecule has 1 fully saturated rings. The van der Waals surface area contributed by atoms with Gasteiger partial charge in [-0.3, -0.25) is 4.79 Å². The van der Waals surface area contributed by atoms with Gasteiger partial charge in [-0.05, 0) is 32.6 Å². The van der Waals surface area contributed by atoms with Crippen LogP contribution in [0.25, 0.3) is 0 Å². The summed E-state index contributed by atoms with van der Waals surface area (Å²) in [6.07, 6.45) is 2.33. The van der Waals surface area contributed by atoms with E-state index >= 15 is 0 Å². The summed E-state index contributed by atoms with van der Waals surface area (Å²) in [5, 5.41) is 4.00. The fraction of sp³-hybridized carbons (Fsp3) is 0.636. The molecule has 1 saturated carbocycles. The molecule has 0 aromatic carbocycles. The summed E-state index contributed by atoms with van der Waals surface area (Å²) in [7, 11) is 0. The summed E-state index contributed by atoms with van der Waals surface area (Å²) in [4.78, 5) is 17.1. The first-order valence-corrected chi connectivity index (χ1v) is 6.14. The van der Waals surface area contributed by atoms with Gasteiger partial charge in [0.05, 0.1) is 5.01 Å². The van der Waals surface area contributed by atoms with Crippen LogP contribution in [0.4, 0.5) is 0 Å². The van der Waals surface area contributed by atoms with Crippen molar-refractivity contribution in [3.05, 3.63) is 15.6 Å². The third-order valence-corrected chi connectivity index (χ3v) is 3.94. The van der Waals surface area contributed by atoms with Gasteiger partial charge in [-0.15, -0.1) is 11.3 Å². The summed E-state index contributed by atoms with van der Waals surface area (Å²) in [6.45, 7) is 6.05. The van der Waals surface area contributed by atoms with Crippen molar-refractivity contribution >= 4 is 17.2 Å². The van der Waals surface area contributed by atoms with Gasteiger partial charge in [0.2, 0.25) is 0 Å². The van der Waals surface area contributed by atoms with Crippen molar-refractivity contribution in [3.8, 4) is 0 Å². The number of nitrogens with zero attached hydrogens (tertiary/aromatic N) is 1. The molecular formula is C11H16N2OS. The fourth-order valence-electron chi connectivity index (χ4n) is 1.86. The van der Waals surface area contributed by atoms with E-state index in [0.29, 0.717) is 17.7 Å². The molecule has 15 heavy (non-hydrogen) atoms. The maximum Gasteiger partial charge on any atom is 0.271 e. The highest BCUT2D eigenvalue weighted by atomic mass is 32.1. The highest BCUT2D eigenvalue weighted by molar-refractivity contribution is 7.11. The third kappa shape index (κ3) is 2.04. The van der Waals surface area contributed by atoms with Crippen molar-refractivity contribution in [1.29, 1.82) is 0 Å². The van der Waals surface area contributed by atoms with E-state index in [9.17, 15) is 4.79 Å². The Morgan fingerprint density at radius 1 is 1.47 bits per heavy atom. The summed E-state index contributed by atoms with van der Waals surface area (Å²) >= 11 is 1.58. The zero-order valence-electron chi connectivity index (χ0n) is 9.33. The van der Waals surface area contributed by atoms with Crippen molar-refractivity contribution in [2.45, 2.75) is 39.7 Å².